The second kappa shape index (κ2) is 9.09. The molecule has 0 amide bonds. The third-order valence-electron chi connectivity index (χ3n) is 6.36. The van der Waals surface area contributed by atoms with Crippen molar-refractivity contribution in [3.05, 3.63) is 82.6 Å². The highest BCUT2D eigenvalue weighted by molar-refractivity contribution is 7.03. The molecule has 6 aromatic rings. The second-order valence-electron chi connectivity index (χ2n) is 8.80. The molecule has 2 aromatic carbocycles. The minimum atomic E-state index is 0.563. The minimum absolute atomic E-state index is 0.563. The van der Waals surface area contributed by atoms with Crippen molar-refractivity contribution in [3.8, 4) is 33.8 Å². The molecule has 4 heterocycles. The topological polar surface area (TPSA) is 98.1 Å². The summed E-state index contributed by atoms with van der Waals surface area (Å²) in [5.74, 6) is 1.61. The van der Waals surface area contributed by atoms with Crippen LogP contribution < -0.4 is 0 Å². The van der Waals surface area contributed by atoms with Gasteiger partial charge in [-0.3, -0.25) is 0 Å². The van der Waals surface area contributed by atoms with E-state index in [1.165, 1.54) is 17.1 Å². The lowest BCUT2D eigenvalue weighted by molar-refractivity contribution is 0.745. The summed E-state index contributed by atoms with van der Waals surface area (Å²) in [4.78, 5) is 9.69. The normalized spacial score (nSPS) is 11.4. The average Bonchev–Trinajstić information content (AvgIpc) is 3.66. The Balaban J connectivity index is 1.39. The zero-order chi connectivity index (χ0) is 24.6. The molecule has 9 heteroatoms. The molecular weight excluding hydrogens is 468 g/mol. The molecule has 0 bridgehead atoms. The fourth-order valence-electron chi connectivity index (χ4n) is 4.63. The van der Waals surface area contributed by atoms with Crippen molar-refractivity contribution in [2.24, 2.45) is 0 Å². The third kappa shape index (κ3) is 3.97. The lowest BCUT2D eigenvalue weighted by atomic mass is 9.95. The fraction of sp³-hybridized carbons (Fsp3) is 0.185. The number of tetrazole rings is 1. The van der Waals surface area contributed by atoms with E-state index in [-0.39, 0.29) is 0 Å². The van der Waals surface area contributed by atoms with E-state index < -0.39 is 0 Å². The van der Waals surface area contributed by atoms with Gasteiger partial charge in [-0.25, -0.2) is 9.97 Å². The molecule has 6 rings (SSSR count). The van der Waals surface area contributed by atoms with Crippen molar-refractivity contribution in [2.75, 3.05) is 0 Å². The van der Waals surface area contributed by atoms with Gasteiger partial charge in [0.15, 0.2) is 5.65 Å². The number of hydrogen-bond acceptors (Lipinski definition) is 7. The van der Waals surface area contributed by atoms with Gasteiger partial charge in [-0.1, -0.05) is 37.3 Å². The minimum Gasteiger partial charge on any atom is -0.308 e. The number of H-pyrrole nitrogens is 1. The van der Waals surface area contributed by atoms with Crippen LogP contribution in [0.2, 0.25) is 0 Å². The summed E-state index contributed by atoms with van der Waals surface area (Å²) in [6.07, 6.45) is 0.852. The second-order valence-corrected chi connectivity index (χ2v) is 9.46. The van der Waals surface area contributed by atoms with Gasteiger partial charge >= 0.3 is 0 Å². The lowest BCUT2D eigenvalue weighted by Gasteiger charge is -2.12. The Labute approximate surface area is 212 Å². The molecule has 0 fully saturated rings. The summed E-state index contributed by atoms with van der Waals surface area (Å²) in [7, 11) is 0. The zero-order valence-corrected chi connectivity index (χ0v) is 21.0. The molecule has 8 nitrogen and oxygen atoms in total. The molecule has 0 unspecified atom stereocenters. The van der Waals surface area contributed by atoms with E-state index in [1.807, 2.05) is 30.5 Å². The number of aromatic amines is 1. The Hall–Kier alpha value is -4.24. The highest BCUT2D eigenvalue weighted by Crippen LogP contribution is 2.34. The number of rotatable bonds is 6. The Bertz CT molecular complexity index is 1650. The van der Waals surface area contributed by atoms with E-state index in [9.17, 15) is 0 Å². The Morgan fingerprint density at radius 3 is 2.47 bits per heavy atom. The molecule has 0 aliphatic carbocycles. The van der Waals surface area contributed by atoms with Gasteiger partial charge in [0.25, 0.3) is 0 Å². The number of benzene rings is 2. The van der Waals surface area contributed by atoms with Crippen LogP contribution >= 0.6 is 11.5 Å². The van der Waals surface area contributed by atoms with Crippen LogP contribution in [0.5, 0.6) is 0 Å². The van der Waals surface area contributed by atoms with E-state index in [0.29, 0.717) is 12.4 Å². The van der Waals surface area contributed by atoms with Crippen LogP contribution in [0.3, 0.4) is 0 Å². The first-order chi connectivity index (χ1) is 17.6. The molecule has 178 valence electrons. The summed E-state index contributed by atoms with van der Waals surface area (Å²) in [6, 6.07) is 19.0. The van der Waals surface area contributed by atoms with Crippen molar-refractivity contribution >= 4 is 22.7 Å². The van der Waals surface area contributed by atoms with Crippen molar-refractivity contribution in [1.29, 1.82) is 0 Å². The summed E-state index contributed by atoms with van der Waals surface area (Å²) in [5, 5.41) is 16.7. The van der Waals surface area contributed by atoms with E-state index in [0.717, 1.165) is 62.6 Å². The van der Waals surface area contributed by atoms with Crippen LogP contribution in [-0.2, 0) is 13.0 Å². The van der Waals surface area contributed by atoms with Crippen LogP contribution in [0.25, 0.3) is 44.9 Å². The Morgan fingerprint density at radius 1 is 0.917 bits per heavy atom. The molecule has 4 aromatic heterocycles. The standard InChI is InChI=1S/C27H24N8S/c1-4-24-29-25-16(2)13-17(3)28-27(25)35(24)15-18-5-7-19(8-6-18)22-14-20(23-11-12-36-32-23)9-10-21(22)26-30-33-34-31-26/h5-14H,4,15H2,1-3H3,(H,30,31,33,34). The van der Waals surface area contributed by atoms with Gasteiger partial charge in [-0.05, 0) is 77.1 Å². The van der Waals surface area contributed by atoms with Crippen LogP contribution in [0.4, 0.5) is 0 Å². The molecule has 36 heavy (non-hydrogen) atoms. The number of imidazole rings is 1. The number of aromatic nitrogens is 8. The molecule has 0 aliphatic rings. The van der Waals surface area contributed by atoms with Crippen molar-refractivity contribution < 1.29 is 0 Å². The molecule has 0 saturated carbocycles. The van der Waals surface area contributed by atoms with E-state index in [2.05, 4.69) is 79.8 Å². The van der Waals surface area contributed by atoms with Gasteiger partial charge < -0.3 is 4.57 Å². The van der Waals surface area contributed by atoms with Gasteiger partial charge in [0.2, 0.25) is 5.82 Å². The van der Waals surface area contributed by atoms with Crippen LogP contribution in [0.15, 0.2) is 60.0 Å². The predicted molar refractivity (Wildman–Crippen MR) is 142 cm³/mol. The van der Waals surface area contributed by atoms with Gasteiger partial charge in [-0.15, -0.1) is 10.2 Å². The monoisotopic (exact) mass is 492 g/mol. The molecule has 0 spiro atoms. The zero-order valence-electron chi connectivity index (χ0n) is 20.2. The first kappa shape index (κ1) is 22.2. The predicted octanol–water partition coefficient (Wildman–Crippen LogP) is 5.63. The maximum absolute atomic E-state index is 4.88. The van der Waals surface area contributed by atoms with Crippen molar-refractivity contribution in [3.63, 3.8) is 0 Å². The number of nitrogens with zero attached hydrogens (tertiary/aromatic N) is 7. The third-order valence-corrected chi connectivity index (χ3v) is 6.92. The van der Waals surface area contributed by atoms with Gasteiger partial charge in [0, 0.05) is 28.6 Å². The summed E-state index contributed by atoms with van der Waals surface area (Å²) < 4.78 is 6.73. The maximum atomic E-state index is 4.88. The van der Waals surface area contributed by atoms with Crippen molar-refractivity contribution in [1.82, 2.24) is 39.5 Å². The summed E-state index contributed by atoms with van der Waals surface area (Å²) >= 11 is 1.44. The fourth-order valence-corrected chi connectivity index (χ4v) is 5.16. The number of nitrogens with one attached hydrogen (secondary N) is 1. The SMILES string of the molecule is CCc1nc2c(C)cc(C)nc2n1Cc1ccc(-c2cc(-c3ccsn3)ccc2-c2nn[nH]n2)cc1. The highest BCUT2D eigenvalue weighted by Gasteiger charge is 2.16. The highest BCUT2D eigenvalue weighted by atomic mass is 32.1. The van der Waals surface area contributed by atoms with Gasteiger partial charge in [-0.2, -0.15) is 9.59 Å². The lowest BCUT2D eigenvalue weighted by Crippen LogP contribution is -2.05. The van der Waals surface area contributed by atoms with E-state index >= 15 is 0 Å². The van der Waals surface area contributed by atoms with E-state index in [1.54, 1.807) is 0 Å². The largest absolute Gasteiger partial charge is 0.308 e. The summed E-state index contributed by atoms with van der Waals surface area (Å²) in [6.45, 7) is 6.99. The summed E-state index contributed by atoms with van der Waals surface area (Å²) in [5.41, 5.74) is 10.3. The molecular formula is C27H24N8S. The number of pyridine rings is 1. The van der Waals surface area contributed by atoms with Crippen molar-refractivity contribution in [2.45, 2.75) is 33.7 Å². The molecule has 0 aliphatic heterocycles. The Kier molecular flexibility index (Phi) is 5.61. The number of fused-ring (bicyclic) bond motifs is 1. The maximum Gasteiger partial charge on any atom is 0.205 e. The molecule has 0 saturated heterocycles. The van der Waals surface area contributed by atoms with Crippen LogP contribution in [0.1, 0.15) is 29.6 Å². The quantitative estimate of drug-likeness (QED) is 0.324. The molecule has 1 N–H and O–H groups in total. The molecule has 0 radical (unpaired) electrons. The first-order valence-electron chi connectivity index (χ1n) is 11.8. The molecule has 0 atom stereocenters. The Morgan fingerprint density at radius 2 is 1.75 bits per heavy atom. The average molecular weight is 493 g/mol. The van der Waals surface area contributed by atoms with Crippen LogP contribution in [-0.4, -0.2) is 39.5 Å². The number of hydrogen-bond donors (Lipinski definition) is 1. The first-order valence-corrected chi connectivity index (χ1v) is 12.7. The van der Waals surface area contributed by atoms with Crippen LogP contribution in [0, 0.1) is 13.8 Å². The number of aryl methyl sites for hydroxylation is 3. The van der Waals surface area contributed by atoms with Gasteiger partial charge in [0.05, 0.1) is 12.2 Å². The van der Waals surface area contributed by atoms with Gasteiger partial charge in [0.1, 0.15) is 11.3 Å². The van der Waals surface area contributed by atoms with E-state index in [4.69, 9.17) is 9.97 Å². The smallest absolute Gasteiger partial charge is 0.205 e.